The third kappa shape index (κ3) is 3.71. The smallest absolute Gasteiger partial charge is 0.410 e. The van der Waals surface area contributed by atoms with Gasteiger partial charge in [-0.3, -0.25) is 0 Å². The van der Waals surface area contributed by atoms with E-state index in [2.05, 4.69) is 32.3 Å². The van der Waals surface area contributed by atoms with Crippen LogP contribution in [0.2, 0.25) is 0 Å². The number of likely N-dealkylation sites (tertiary alicyclic amines) is 1. The van der Waals surface area contributed by atoms with Crippen molar-refractivity contribution in [2.75, 3.05) is 13.1 Å². The zero-order chi connectivity index (χ0) is 17.5. The SMILES string of the molecule is Cc1cc2nnn(CC3CCN(C(=O)OC(C)(C)C)C3)c2cc1Br. The van der Waals surface area contributed by atoms with Gasteiger partial charge in [-0.25, -0.2) is 9.48 Å². The molecule has 1 aliphatic rings. The maximum Gasteiger partial charge on any atom is 0.410 e. The number of amides is 1. The van der Waals surface area contributed by atoms with Crippen molar-refractivity contribution < 1.29 is 9.53 Å². The number of aromatic nitrogens is 3. The molecular formula is C17H23BrN4O2. The summed E-state index contributed by atoms with van der Waals surface area (Å²) in [5.74, 6) is 0.363. The molecule has 0 aliphatic carbocycles. The van der Waals surface area contributed by atoms with E-state index in [9.17, 15) is 4.79 Å². The molecule has 0 saturated carbocycles. The molecule has 0 radical (unpaired) electrons. The highest BCUT2D eigenvalue weighted by Crippen LogP contribution is 2.25. The second-order valence-corrected chi connectivity index (χ2v) is 8.30. The lowest BCUT2D eigenvalue weighted by Gasteiger charge is -2.24. The van der Waals surface area contributed by atoms with Crippen LogP contribution >= 0.6 is 15.9 Å². The molecule has 7 heteroatoms. The summed E-state index contributed by atoms with van der Waals surface area (Å²) >= 11 is 3.57. The van der Waals surface area contributed by atoms with Crippen LogP contribution < -0.4 is 0 Å². The molecule has 2 aromatic rings. The minimum absolute atomic E-state index is 0.230. The van der Waals surface area contributed by atoms with Crippen LogP contribution in [-0.2, 0) is 11.3 Å². The van der Waals surface area contributed by atoms with E-state index >= 15 is 0 Å². The number of aryl methyl sites for hydroxylation is 1. The molecule has 6 nitrogen and oxygen atoms in total. The molecule has 24 heavy (non-hydrogen) atoms. The Labute approximate surface area is 150 Å². The Hall–Kier alpha value is -1.63. The standard InChI is InChI=1S/C17H23BrN4O2/c1-11-7-14-15(8-13(11)18)22(20-19-14)10-12-5-6-21(9-12)16(23)24-17(2,3)4/h7-8,12H,5-6,9-10H2,1-4H3. The van der Waals surface area contributed by atoms with Crippen molar-refractivity contribution in [2.45, 2.75) is 46.3 Å². The van der Waals surface area contributed by atoms with Crippen molar-refractivity contribution in [1.82, 2.24) is 19.9 Å². The summed E-state index contributed by atoms with van der Waals surface area (Å²) in [5, 5.41) is 8.53. The Morgan fingerprint density at radius 1 is 1.42 bits per heavy atom. The maximum absolute atomic E-state index is 12.2. The number of halogens is 1. The molecule has 0 bridgehead atoms. The molecule has 2 heterocycles. The van der Waals surface area contributed by atoms with Crippen molar-refractivity contribution in [2.24, 2.45) is 5.92 Å². The van der Waals surface area contributed by atoms with Gasteiger partial charge in [0, 0.05) is 24.1 Å². The molecule has 1 unspecified atom stereocenters. The monoisotopic (exact) mass is 394 g/mol. The molecule has 130 valence electrons. The summed E-state index contributed by atoms with van der Waals surface area (Å²) in [7, 11) is 0. The average Bonchev–Trinajstić information content (AvgIpc) is 3.07. The lowest BCUT2D eigenvalue weighted by atomic mass is 10.1. The number of carbonyl (C=O) groups excluding carboxylic acids is 1. The molecule has 1 aromatic carbocycles. The highest BCUT2D eigenvalue weighted by molar-refractivity contribution is 9.10. The largest absolute Gasteiger partial charge is 0.444 e. The lowest BCUT2D eigenvalue weighted by Crippen LogP contribution is -2.35. The molecule has 1 saturated heterocycles. The predicted molar refractivity (Wildman–Crippen MR) is 95.9 cm³/mol. The van der Waals surface area contributed by atoms with E-state index in [-0.39, 0.29) is 6.09 Å². The highest BCUT2D eigenvalue weighted by Gasteiger charge is 2.30. The first-order chi connectivity index (χ1) is 11.2. The van der Waals surface area contributed by atoms with Crippen molar-refractivity contribution in [3.05, 3.63) is 22.2 Å². The quantitative estimate of drug-likeness (QED) is 0.777. The molecule has 1 aromatic heterocycles. The number of ether oxygens (including phenoxy) is 1. The molecular weight excluding hydrogens is 372 g/mol. The van der Waals surface area contributed by atoms with E-state index in [0.29, 0.717) is 12.5 Å². The predicted octanol–water partition coefficient (Wildman–Crippen LogP) is 3.76. The van der Waals surface area contributed by atoms with Crippen LogP contribution in [0.5, 0.6) is 0 Å². The van der Waals surface area contributed by atoms with Crippen LogP contribution in [-0.4, -0.2) is 44.7 Å². The zero-order valence-electron chi connectivity index (χ0n) is 14.5. The molecule has 1 fully saturated rings. The second kappa shape index (κ2) is 6.35. The van der Waals surface area contributed by atoms with E-state index in [1.54, 1.807) is 4.90 Å². The molecule has 0 N–H and O–H groups in total. The summed E-state index contributed by atoms with van der Waals surface area (Å²) in [6.45, 7) is 9.89. The maximum atomic E-state index is 12.2. The van der Waals surface area contributed by atoms with Gasteiger partial charge in [-0.05, 0) is 57.7 Å². The van der Waals surface area contributed by atoms with E-state index in [1.807, 2.05) is 38.4 Å². The Kier molecular flexibility index (Phi) is 4.55. The number of benzene rings is 1. The van der Waals surface area contributed by atoms with Gasteiger partial charge >= 0.3 is 6.09 Å². The Morgan fingerprint density at radius 3 is 2.88 bits per heavy atom. The van der Waals surface area contributed by atoms with Crippen molar-refractivity contribution in [3.8, 4) is 0 Å². The Balaban J connectivity index is 1.68. The fraction of sp³-hybridized carbons (Fsp3) is 0.588. The third-order valence-corrected chi connectivity index (χ3v) is 5.02. The molecule has 1 amide bonds. The number of hydrogen-bond donors (Lipinski definition) is 0. The minimum Gasteiger partial charge on any atom is -0.444 e. The van der Waals surface area contributed by atoms with Gasteiger partial charge in [0.15, 0.2) is 0 Å². The third-order valence-electron chi connectivity index (χ3n) is 4.16. The minimum atomic E-state index is -0.457. The van der Waals surface area contributed by atoms with Crippen LogP contribution in [0, 0.1) is 12.8 Å². The summed E-state index contributed by atoms with van der Waals surface area (Å²) in [5.41, 5.74) is 2.61. The molecule has 1 aliphatic heterocycles. The van der Waals surface area contributed by atoms with Gasteiger partial charge in [-0.1, -0.05) is 21.1 Å². The first-order valence-corrected chi connectivity index (χ1v) is 8.99. The molecule has 1 atom stereocenters. The van der Waals surface area contributed by atoms with Crippen LogP contribution in [0.1, 0.15) is 32.8 Å². The summed E-state index contributed by atoms with van der Waals surface area (Å²) < 4.78 is 8.44. The van der Waals surface area contributed by atoms with Crippen molar-refractivity contribution >= 4 is 33.1 Å². The first kappa shape index (κ1) is 17.2. The number of nitrogens with zero attached hydrogens (tertiary/aromatic N) is 4. The first-order valence-electron chi connectivity index (χ1n) is 8.20. The normalized spacial score (nSPS) is 18.4. The van der Waals surface area contributed by atoms with Crippen LogP contribution in [0.3, 0.4) is 0 Å². The summed E-state index contributed by atoms with van der Waals surface area (Å²) in [6, 6.07) is 4.09. The Morgan fingerprint density at radius 2 is 2.17 bits per heavy atom. The number of fused-ring (bicyclic) bond motifs is 1. The van der Waals surface area contributed by atoms with Crippen LogP contribution in [0.15, 0.2) is 16.6 Å². The van der Waals surface area contributed by atoms with E-state index in [0.717, 1.165) is 40.6 Å². The van der Waals surface area contributed by atoms with Crippen molar-refractivity contribution in [1.29, 1.82) is 0 Å². The number of hydrogen-bond acceptors (Lipinski definition) is 4. The van der Waals surface area contributed by atoms with Gasteiger partial charge in [0.25, 0.3) is 0 Å². The van der Waals surface area contributed by atoms with E-state index < -0.39 is 5.60 Å². The average molecular weight is 395 g/mol. The highest BCUT2D eigenvalue weighted by atomic mass is 79.9. The zero-order valence-corrected chi connectivity index (χ0v) is 16.1. The summed E-state index contributed by atoms with van der Waals surface area (Å²) in [6.07, 6.45) is 0.722. The van der Waals surface area contributed by atoms with Gasteiger partial charge in [-0.2, -0.15) is 0 Å². The molecule has 0 spiro atoms. The van der Waals surface area contributed by atoms with Gasteiger partial charge in [0.2, 0.25) is 0 Å². The van der Waals surface area contributed by atoms with Crippen LogP contribution in [0.4, 0.5) is 4.79 Å². The fourth-order valence-electron chi connectivity index (χ4n) is 2.95. The van der Waals surface area contributed by atoms with Gasteiger partial charge < -0.3 is 9.64 Å². The topological polar surface area (TPSA) is 60.2 Å². The van der Waals surface area contributed by atoms with Gasteiger partial charge in [0.1, 0.15) is 11.1 Å². The number of rotatable bonds is 2. The summed E-state index contributed by atoms with van der Waals surface area (Å²) in [4.78, 5) is 14.0. The van der Waals surface area contributed by atoms with E-state index in [1.165, 1.54) is 0 Å². The Bertz CT molecular complexity index is 766. The fourth-order valence-corrected chi connectivity index (χ4v) is 3.28. The van der Waals surface area contributed by atoms with E-state index in [4.69, 9.17) is 4.74 Å². The van der Waals surface area contributed by atoms with Gasteiger partial charge in [0.05, 0.1) is 5.52 Å². The van der Waals surface area contributed by atoms with Gasteiger partial charge in [-0.15, -0.1) is 5.10 Å². The molecule has 3 rings (SSSR count). The second-order valence-electron chi connectivity index (χ2n) is 7.44. The lowest BCUT2D eigenvalue weighted by molar-refractivity contribution is 0.0287. The number of carbonyl (C=O) groups is 1. The van der Waals surface area contributed by atoms with Crippen LogP contribution in [0.25, 0.3) is 11.0 Å². The van der Waals surface area contributed by atoms with Crippen molar-refractivity contribution in [3.63, 3.8) is 0 Å².